The second-order valence-electron chi connectivity index (χ2n) is 4.34. The van der Waals surface area contributed by atoms with Crippen LogP contribution < -0.4 is 10.6 Å². The van der Waals surface area contributed by atoms with E-state index in [9.17, 15) is 9.59 Å². The molecule has 2 aromatic rings. The zero-order valence-corrected chi connectivity index (χ0v) is 14.0. The van der Waals surface area contributed by atoms with Gasteiger partial charge in [-0.15, -0.1) is 0 Å². The van der Waals surface area contributed by atoms with Crippen molar-refractivity contribution in [3.05, 3.63) is 56.6 Å². The Morgan fingerprint density at radius 3 is 2.38 bits per heavy atom. The number of anilines is 2. The van der Waals surface area contributed by atoms with Crippen molar-refractivity contribution < 1.29 is 9.59 Å². The van der Waals surface area contributed by atoms with Gasteiger partial charge in [0.15, 0.2) is 0 Å². The number of rotatable bonds is 3. The summed E-state index contributed by atoms with van der Waals surface area (Å²) < 4.78 is 0.813. The molecule has 4 nitrogen and oxygen atoms in total. The van der Waals surface area contributed by atoms with Gasteiger partial charge in [0.05, 0.1) is 5.56 Å². The number of nitrogens with one attached hydrogen (secondary N) is 2. The van der Waals surface area contributed by atoms with Gasteiger partial charge in [0.1, 0.15) is 0 Å². The molecule has 0 aliphatic rings. The summed E-state index contributed by atoms with van der Waals surface area (Å²) in [5.74, 6) is -0.412. The topological polar surface area (TPSA) is 58.2 Å². The summed E-state index contributed by atoms with van der Waals surface area (Å²) >= 11 is 8.00. The maximum absolute atomic E-state index is 12.3. The highest BCUT2D eigenvalue weighted by atomic mass is 127. The molecular formula is C15H12ClIN2O2. The Kier molecular flexibility index (Phi) is 5.19. The molecule has 0 spiro atoms. The number of hydrogen-bond acceptors (Lipinski definition) is 2. The molecule has 0 heterocycles. The van der Waals surface area contributed by atoms with E-state index >= 15 is 0 Å². The van der Waals surface area contributed by atoms with Crippen LogP contribution in [0.2, 0.25) is 5.02 Å². The van der Waals surface area contributed by atoms with E-state index in [1.807, 2.05) is 0 Å². The lowest BCUT2D eigenvalue weighted by molar-refractivity contribution is -0.114. The van der Waals surface area contributed by atoms with Gasteiger partial charge in [-0.2, -0.15) is 0 Å². The second kappa shape index (κ2) is 6.91. The number of benzene rings is 2. The van der Waals surface area contributed by atoms with Gasteiger partial charge in [0.2, 0.25) is 5.91 Å². The number of hydrogen-bond donors (Lipinski definition) is 2. The van der Waals surface area contributed by atoms with E-state index < -0.39 is 0 Å². The van der Waals surface area contributed by atoms with Crippen molar-refractivity contribution in [2.75, 3.05) is 10.6 Å². The molecule has 21 heavy (non-hydrogen) atoms. The van der Waals surface area contributed by atoms with Gasteiger partial charge in [0.25, 0.3) is 5.91 Å². The third-order valence-corrected chi connectivity index (χ3v) is 3.79. The molecule has 0 saturated heterocycles. The third kappa shape index (κ3) is 4.44. The molecule has 2 N–H and O–H groups in total. The van der Waals surface area contributed by atoms with E-state index in [-0.39, 0.29) is 11.8 Å². The van der Waals surface area contributed by atoms with Crippen LogP contribution in [0, 0.1) is 3.57 Å². The Labute approximate surface area is 141 Å². The fraction of sp³-hybridized carbons (Fsp3) is 0.0667. The summed E-state index contributed by atoms with van der Waals surface area (Å²) in [6.07, 6.45) is 0. The van der Waals surface area contributed by atoms with E-state index in [0.717, 1.165) is 3.57 Å². The first-order chi connectivity index (χ1) is 9.95. The van der Waals surface area contributed by atoms with Gasteiger partial charge in [-0.25, -0.2) is 0 Å². The monoisotopic (exact) mass is 414 g/mol. The first-order valence-electron chi connectivity index (χ1n) is 6.10. The number of amides is 2. The second-order valence-corrected chi connectivity index (χ2v) is 5.94. The summed E-state index contributed by atoms with van der Waals surface area (Å²) in [6, 6.07) is 12.1. The molecule has 0 aliphatic heterocycles. The van der Waals surface area contributed by atoms with Crippen molar-refractivity contribution in [1.29, 1.82) is 0 Å². The van der Waals surface area contributed by atoms with Crippen molar-refractivity contribution in [3.63, 3.8) is 0 Å². The van der Waals surface area contributed by atoms with E-state index in [0.29, 0.717) is 22.0 Å². The minimum Gasteiger partial charge on any atom is -0.326 e. The normalized spacial score (nSPS) is 10.0. The molecule has 0 atom stereocenters. The van der Waals surface area contributed by atoms with Crippen LogP contribution in [0.15, 0.2) is 42.5 Å². The van der Waals surface area contributed by atoms with Crippen molar-refractivity contribution in [3.8, 4) is 0 Å². The fourth-order valence-corrected chi connectivity index (χ4v) is 2.50. The molecule has 0 radical (unpaired) electrons. The zero-order chi connectivity index (χ0) is 15.4. The Hall–Kier alpha value is -1.60. The summed E-state index contributed by atoms with van der Waals surface area (Å²) in [7, 11) is 0. The number of carbonyl (C=O) groups excluding carboxylic acids is 2. The molecule has 0 bridgehead atoms. The quantitative estimate of drug-likeness (QED) is 0.741. The highest BCUT2D eigenvalue weighted by Crippen LogP contribution is 2.20. The van der Waals surface area contributed by atoms with Gasteiger partial charge in [-0.1, -0.05) is 17.7 Å². The fourth-order valence-electron chi connectivity index (χ4n) is 1.75. The van der Waals surface area contributed by atoms with E-state index in [1.165, 1.54) is 6.92 Å². The number of carbonyl (C=O) groups is 2. The van der Waals surface area contributed by atoms with Gasteiger partial charge in [-0.3, -0.25) is 9.59 Å². The predicted molar refractivity (Wildman–Crippen MR) is 92.9 cm³/mol. The van der Waals surface area contributed by atoms with Crippen LogP contribution in [-0.4, -0.2) is 11.8 Å². The predicted octanol–water partition coefficient (Wildman–Crippen LogP) is 4.16. The largest absolute Gasteiger partial charge is 0.326 e. The minimum atomic E-state index is -0.248. The molecule has 0 saturated carbocycles. The van der Waals surface area contributed by atoms with Crippen molar-refractivity contribution >= 4 is 57.4 Å². The molecule has 2 aromatic carbocycles. The first kappa shape index (κ1) is 15.8. The number of halogens is 2. The Bertz CT molecular complexity index is 704. The summed E-state index contributed by atoms with van der Waals surface area (Å²) in [5.41, 5.74) is 1.73. The van der Waals surface area contributed by atoms with Crippen molar-refractivity contribution in [2.24, 2.45) is 0 Å². The average molecular weight is 415 g/mol. The Morgan fingerprint density at radius 2 is 1.71 bits per heavy atom. The average Bonchev–Trinajstić information content (AvgIpc) is 2.41. The standard InChI is InChI=1S/C15H12ClIN2O2/c1-9(20)18-11-3-2-4-12(8-11)19-15(21)13-7-10(16)5-6-14(13)17/h2-8H,1H3,(H,18,20)(H,19,21). The molecule has 108 valence electrons. The molecule has 0 unspecified atom stereocenters. The van der Waals surface area contributed by atoms with E-state index in [2.05, 4.69) is 33.2 Å². The van der Waals surface area contributed by atoms with E-state index in [4.69, 9.17) is 11.6 Å². The molecule has 0 aromatic heterocycles. The highest BCUT2D eigenvalue weighted by molar-refractivity contribution is 14.1. The molecular weight excluding hydrogens is 403 g/mol. The molecule has 2 amide bonds. The highest BCUT2D eigenvalue weighted by Gasteiger charge is 2.11. The maximum Gasteiger partial charge on any atom is 0.256 e. The van der Waals surface area contributed by atoms with Crippen LogP contribution >= 0.6 is 34.2 Å². The third-order valence-electron chi connectivity index (χ3n) is 2.61. The molecule has 0 fully saturated rings. The van der Waals surface area contributed by atoms with Gasteiger partial charge < -0.3 is 10.6 Å². The zero-order valence-electron chi connectivity index (χ0n) is 11.1. The van der Waals surface area contributed by atoms with Gasteiger partial charge in [-0.05, 0) is 59.0 Å². The minimum absolute atomic E-state index is 0.164. The van der Waals surface area contributed by atoms with Crippen molar-refractivity contribution in [1.82, 2.24) is 0 Å². The van der Waals surface area contributed by atoms with Crippen molar-refractivity contribution in [2.45, 2.75) is 6.92 Å². The SMILES string of the molecule is CC(=O)Nc1cccc(NC(=O)c2cc(Cl)ccc2I)c1. The van der Waals surface area contributed by atoms with Gasteiger partial charge >= 0.3 is 0 Å². The van der Waals surface area contributed by atoms with Gasteiger partial charge in [0, 0.05) is 26.9 Å². The lowest BCUT2D eigenvalue weighted by atomic mass is 10.2. The smallest absolute Gasteiger partial charge is 0.256 e. The van der Waals surface area contributed by atoms with Crippen LogP contribution in [0.3, 0.4) is 0 Å². The van der Waals surface area contributed by atoms with Crippen LogP contribution in [-0.2, 0) is 4.79 Å². The lowest BCUT2D eigenvalue weighted by Crippen LogP contribution is -2.14. The summed E-state index contributed by atoms with van der Waals surface area (Å²) in [6.45, 7) is 1.43. The van der Waals surface area contributed by atoms with E-state index in [1.54, 1.807) is 42.5 Å². The lowest BCUT2D eigenvalue weighted by Gasteiger charge is -2.09. The summed E-state index contributed by atoms with van der Waals surface area (Å²) in [4.78, 5) is 23.3. The molecule has 0 aliphatic carbocycles. The van der Waals surface area contributed by atoms with Crippen LogP contribution in [0.4, 0.5) is 11.4 Å². The van der Waals surface area contributed by atoms with Crippen LogP contribution in [0.5, 0.6) is 0 Å². The summed E-state index contributed by atoms with van der Waals surface area (Å²) in [5, 5.41) is 5.96. The maximum atomic E-state index is 12.3. The Morgan fingerprint density at radius 1 is 1.05 bits per heavy atom. The van der Waals surface area contributed by atoms with Crippen LogP contribution in [0.25, 0.3) is 0 Å². The Balaban J connectivity index is 2.19. The first-order valence-corrected chi connectivity index (χ1v) is 7.55. The molecule has 2 rings (SSSR count). The van der Waals surface area contributed by atoms with Crippen LogP contribution in [0.1, 0.15) is 17.3 Å². The molecule has 6 heteroatoms.